The van der Waals surface area contributed by atoms with Gasteiger partial charge in [-0.05, 0) is 73.2 Å². The van der Waals surface area contributed by atoms with E-state index in [2.05, 4.69) is 10.6 Å². The predicted molar refractivity (Wildman–Crippen MR) is 149 cm³/mol. The molecule has 0 fully saturated rings. The van der Waals surface area contributed by atoms with Gasteiger partial charge in [0.25, 0.3) is 5.91 Å². The molecule has 0 aliphatic rings. The maximum Gasteiger partial charge on any atom is 0.336 e. The van der Waals surface area contributed by atoms with Gasteiger partial charge < -0.3 is 20.5 Å². The smallest absolute Gasteiger partial charge is 0.336 e. The van der Waals surface area contributed by atoms with Gasteiger partial charge in [-0.15, -0.1) is 11.8 Å². The first kappa shape index (κ1) is 26.5. The fourth-order valence-corrected chi connectivity index (χ4v) is 4.75. The molecule has 1 unspecified atom stereocenters. The first-order valence-electron chi connectivity index (χ1n) is 11.9. The molecule has 0 aliphatic heterocycles. The van der Waals surface area contributed by atoms with Crippen molar-refractivity contribution >= 4 is 40.9 Å². The third kappa shape index (κ3) is 6.80. The molecule has 0 radical (unpaired) electrons. The maximum absolute atomic E-state index is 13.3. The summed E-state index contributed by atoms with van der Waals surface area (Å²) in [6.45, 7) is 2.48. The van der Waals surface area contributed by atoms with Crippen molar-refractivity contribution in [3.63, 3.8) is 0 Å². The molecule has 192 valence electrons. The van der Waals surface area contributed by atoms with Crippen LogP contribution in [0.5, 0.6) is 5.75 Å². The van der Waals surface area contributed by atoms with Crippen LogP contribution in [0.15, 0.2) is 108 Å². The van der Waals surface area contributed by atoms with E-state index >= 15 is 0 Å². The zero-order chi connectivity index (χ0) is 26.9. The number of carboxylic acid groups (broad SMARTS) is 1. The van der Waals surface area contributed by atoms with E-state index < -0.39 is 17.1 Å². The summed E-state index contributed by atoms with van der Waals surface area (Å²) in [6.07, 6.45) is 0. The molecule has 3 N–H and O–H groups in total. The second-order valence-electron chi connectivity index (χ2n) is 8.18. The van der Waals surface area contributed by atoms with Gasteiger partial charge in [0.1, 0.15) is 11.0 Å². The zero-order valence-corrected chi connectivity index (χ0v) is 21.4. The van der Waals surface area contributed by atoms with Crippen molar-refractivity contribution in [1.29, 1.82) is 0 Å². The molecule has 0 spiro atoms. The van der Waals surface area contributed by atoms with Crippen LogP contribution in [-0.4, -0.2) is 29.5 Å². The van der Waals surface area contributed by atoms with Crippen LogP contribution in [0.1, 0.15) is 38.5 Å². The fourth-order valence-electron chi connectivity index (χ4n) is 3.73. The van der Waals surface area contributed by atoms with Crippen LogP contribution in [0.2, 0.25) is 0 Å². The third-order valence-corrected chi connectivity index (χ3v) is 6.81. The SMILES string of the molecule is CCOc1ccc(NC(=O)C(Sc2ccc(NC(=O)c3ccccc3C(=O)O)cc2)c2ccccc2)cc1. The van der Waals surface area contributed by atoms with Crippen LogP contribution in [0.3, 0.4) is 0 Å². The highest BCUT2D eigenvalue weighted by Crippen LogP contribution is 2.37. The van der Waals surface area contributed by atoms with Crippen LogP contribution in [0.4, 0.5) is 11.4 Å². The van der Waals surface area contributed by atoms with E-state index in [0.29, 0.717) is 18.0 Å². The molecule has 0 saturated heterocycles. The molecule has 0 heterocycles. The predicted octanol–water partition coefficient (Wildman–Crippen LogP) is 6.51. The third-order valence-electron chi connectivity index (χ3n) is 5.54. The second-order valence-corrected chi connectivity index (χ2v) is 9.36. The summed E-state index contributed by atoms with van der Waals surface area (Å²) < 4.78 is 5.47. The molecule has 2 amide bonds. The van der Waals surface area contributed by atoms with Gasteiger partial charge in [0, 0.05) is 16.3 Å². The van der Waals surface area contributed by atoms with Crippen molar-refractivity contribution in [2.75, 3.05) is 17.2 Å². The molecule has 4 aromatic rings. The molecule has 4 aromatic carbocycles. The summed E-state index contributed by atoms with van der Waals surface area (Å²) in [5.41, 5.74) is 2.04. The quantitative estimate of drug-likeness (QED) is 0.204. The van der Waals surface area contributed by atoms with Gasteiger partial charge in [0.05, 0.1) is 17.7 Å². The number of amides is 2. The van der Waals surface area contributed by atoms with E-state index in [-0.39, 0.29) is 17.0 Å². The largest absolute Gasteiger partial charge is 0.494 e. The molecule has 7 nitrogen and oxygen atoms in total. The molecule has 38 heavy (non-hydrogen) atoms. The molecule has 0 bridgehead atoms. The highest BCUT2D eigenvalue weighted by molar-refractivity contribution is 8.00. The van der Waals surface area contributed by atoms with Gasteiger partial charge in [0.2, 0.25) is 5.91 Å². The lowest BCUT2D eigenvalue weighted by atomic mass is 10.1. The minimum Gasteiger partial charge on any atom is -0.494 e. The van der Waals surface area contributed by atoms with Gasteiger partial charge in [-0.3, -0.25) is 9.59 Å². The van der Waals surface area contributed by atoms with Gasteiger partial charge in [0.15, 0.2) is 0 Å². The highest BCUT2D eigenvalue weighted by Gasteiger charge is 2.22. The number of carboxylic acids is 1. The Balaban J connectivity index is 1.48. The first-order valence-corrected chi connectivity index (χ1v) is 12.8. The van der Waals surface area contributed by atoms with E-state index in [0.717, 1.165) is 16.2 Å². The Morgan fingerprint density at radius 2 is 1.34 bits per heavy atom. The van der Waals surface area contributed by atoms with E-state index in [9.17, 15) is 19.5 Å². The van der Waals surface area contributed by atoms with E-state index in [1.165, 1.54) is 23.9 Å². The van der Waals surface area contributed by atoms with Gasteiger partial charge >= 0.3 is 5.97 Å². The minimum atomic E-state index is -1.17. The Morgan fingerprint density at radius 1 is 0.763 bits per heavy atom. The average molecular weight is 527 g/mol. The number of carbonyl (C=O) groups is 3. The number of ether oxygens (including phenoxy) is 1. The van der Waals surface area contributed by atoms with Crippen LogP contribution in [0, 0.1) is 0 Å². The van der Waals surface area contributed by atoms with Gasteiger partial charge in [-0.25, -0.2) is 4.79 Å². The normalized spacial score (nSPS) is 11.3. The summed E-state index contributed by atoms with van der Waals surface area (Å²) in [5, 5.41) is 14.5. The number of aromatic carboxylic acids is 1. The summed E-state index contributed by atoms with van der Waals surface area (Å²) in [5.74, 6) is -1.12. The van der Waals surface area contributed by atoms with Crippen LogP contribution in [0.25, 0.3) is 0 Å². The molecule has 0 aromatic heterocycles. The zero-order valence-electron chi connectivity index (χ0n) is 20.6. The number of benzene rings is 4. The van der Waals surface area contributed by atoms with Gasteiger partial charge in [-0.1, -0.05) is 42.5 Å². The first-order chi connectivity index (χ1) is 18.4. The summed E-state index contributed by atoms with van der Waals surface area (Å²) in [7, 11) is 0. The second kappa shape index (κ2) is 12.6. The number of hydrogen-bond acceptors (Lipinski definition) is 5. The Morgan fingerprint density at radius 3 is 1.97 bits per heavy atom. The van der Waals surface area contributed by atoms with Crippen molar-refractivity contribution in [3.8, 4) is 5.75 Å². The van der Waals surface area contributed by atoms with Crippen molar-refractivity contribution in [1.82, 2.24) is 0 Å². The number of carbonyl (C=O) groups excluding carboxylic acids is 2. The van der Waals surface area contributed by atoms with Gasteiger partial charge in [-0.2, -0.15) is 0 Å². The van der Waals surface area contributed by atoms with Crippen molar-refractivity contribution in [2.45, 2.75) is 17.1 Å². The maximum atomic E-state index is 13.3. The highest BCUT2D eigenvalue weighted by atomic mass is 32.2. The van der Waals surface area contributed by atoms with Crippen molar-refractivity contribution in [3.05, 3.63) is 120 Å². The molecular formula is C30H26N2O5S. The van der Waals surface area contributed by atoms with Crippen LogP contribution < -0.4 is 15.4 Å². The van der Waals surface area contributed by atoms with E-state index in [4.69, 9.17) is 4.74 Å². The Kier molecular flexibility index (Phi) is 8.79. The molecular weight excluding hydrogens is 500 g/mol. The Bertz CT molecular complexity index is 1410. The van der Waals surface area contributed by atoms with Crippen molar-refractivity contribution < 1.29 is 24.2 Å². The average Bonchev–Trinajstić information content (AvgIpc) is 2.94. The molecule has 0 aliphatic carbocycles. The molecule has 0 saturated carbocycles. The fraction of sp³-hybridized carbons (Fsp3) is 0.100. The summed E-state index contributed by atoms with van der Waals surface area (Å²) in [4.78, 5) is 38.2. The van der Waals surface area contributed by atoms with Crippen molar-refractivity contribution in [2.24, 2.45) is 0 Å². The monoisotopic (exact) mass is 526 g/mol. The molecule has 4 rings (SSSR count). The lowest BCUT2D eigenvalue weighted by molar-refractivity contribution is -0.115. The Labute approximate surface area is 224 Å². The van der Waals surface area contributed by atoms with E-state index in [1.54, 1.807) is 36.4 Å². The summed E-state index contributed by atoms with van der Waals surface area (Å²) in [6, 6.07) is 29.8. The Hall–Kier alpha value is -4.56. The number of rotatable bonds is 10. The lowest BCUT2D eigenvalue weighted by Crippen LogP contribution is -2.19. The summed E-state index contributed by atoms with van der Waals surface area (Å²) >= 11 is 1.38. The number of hydrogen-bond donors (Lipinski definition) is 3. The standard InChI is InChI=1S/C30H26N2O5S/c1-2-37-23-16-12-21(13-17-23)32-29(34)27(20-8-4-3-5-9-20)38-24-18-14-22(15-19-24)31-28(33)25-10-6-7-11-26(25)30(35)36/h3-19,27H,2H2,1H3,(H,31,33)(H,32,34)(H,35,36). The molecule has 1 atom stereocenters. The number of anilines is 2. The lowest BCUT2D eigenvalue weighted by Gasteiger charge is -2.18. The van der Waals surface area contributed by atoms with E-state index in [1.807, 2.05) is 61.5 Å². The molecule has 8 heteroatoms. The topological polar surface area (TPSA) is 105 Å². The number of nitrogens with one attached hydrogen (secondary N) is 2. The van der Waals surface area contributed by atoms with Crippen LogP contribution in [-0.2, 0) is 4.79 Å². The minimum absolute atomic E-state index is 0.0681. The van der Waals surface area contributed by atoms with Crippen LogP contribution >= 0.6 is 11.8 Å². The number of thioether (sulfide) groups is 1.